The molecule has 2 aromatic rings. The van der Waals surface area contributed by atoms with Gasteiger partial charge in [0.2, 0.25) is 5.16 Å². The molecule has 3 atom stereocenters. The summed E-state index contributed by atoms with van der Waals surface area (Å²) in [4.78, 5) is 58.8. The van der Waals surface area contributed by atoms with E-state index in [1.165, 1.54) is 28.9 Å². The Morgan fingerprint density at radius 3 is 2.79 bits per heavy atom. The topological polar surface area (TPSA) is 254 Å². The molecule has 2 amide bonds. The van der Waals surface area contributed by atoms with Crippen LogP contribution >= 0.6 is 34.9 Å². The van der Waals surface area contributed by atoms with Crippen molar-refractivity contribution in [3.8, 4) is 0 Å². The van der Waals surface area contributed by atoms with Crippen molar-refractivity contribution in [2.75, 3.05) is 24.3 Å². The number of fused-ring (bicyclic) bond motifs is 1. The second-order valence-corrected chi connectivity index (χ2v) is 10.6. The summed E-state index contributed by atoms with van der Waals surface area (Å²) in [7, 11) is 1.25. The number of carbonyl (C=O) groups excluding carboxylic acids is 2. The second kappa shape index (κ2) is 11.3. The molecule has 1 fully saturated rings. The molecule has 0 saturated carbocycles. The summed E-state index contributed by atoms with van der Waals surface area (Å²) in [5.74, 6) is -3.52. The molecule has 38 heavy (non-hydrogen) atoms. The number of carboxylic acid groups (broad SMARTS) is 2. The molecule has 4 rings (SSSR count). The van der Waals surface area contributed by atoms with E-state index in [2.05, 4.69) is 31.0 Å². The van der Waals surface area contributed by atoms with E-state index in [9.17, 15) is 24.3 Å². The molecule has 17 nitrogen and oxygen atoms in total. The van der Waals surface area contributed by atoms with Crippen LogP contribution in [0.1, 0.15) is 5.69 Å². The van der Waals surface area contributed by atoms with Gasteiger partial charge >= 0.3 is 11.9 Å². The first-order valence-corrected chi connectivity index (χ1v) is 13.4. The number of nitrogens with zero attached hydrogens (tertiary/aromatic N) is 7. The van der Waals surface area contributed by atoms with Gasteiger partial charge in [-0.25, -0.2) is 14.5 Å². The molecule has 4 heterocycles. The Hall–Kier alpha value is -3.75. The Kier molecular flexibility index (Phi) is 8.14. The monoisotopic (exact) mass is 584 g/mol. The van der Waals surface area contributed by atoms with Crippen molar-refractivity contribution < 1.29 is 34.2 Å². The number of aromatic nitrogens is 5. The van der Waals surface area contributed by atoms with Gasteiger partial charge in [0.1, 0.15) is 36.0 Å². The van der Waals surface area contributed by atoms with E-state index in [-0.39, 0.29) is 45.4 Å². The normalized spacial score (nSPS) is 20.0. The highest BCUT2D eigenvalue weighted by atomic mass is 32.2. The smallest absolute Gasteiger partial charge is 0.352 e. The average molecular weight is 585 g/mol. The molecule has 1 saturated heterocycles. The van der Waals surface area contributed by atoms with Gasteiger partial charge in [-0.05, 0) is 16.0 Å². The fourth-order valence-electron chi connectivity index (χ4n) is 3.53. The van der Waals surface area contributed by atoms with E-state index in [1.807, 2.05) is 0 Å². The summed E-state index contributed by atoms with van der Waals surface area (Å²) in [6.07, 6.45) is 0. The molecule has 2 aromatic heterocycles. The standard InChI is InChI=1S/C18H20N10O7S3/c1-35-24-9(8-5-37-17(20)21-8)12(29)22-10-13(30)28-11(16(33)34)6(3-36-14(10)28)4-38-18-23-25-26-27(18)2-7(19)15(31)32/h5,7,10,14H,2-4,19H2,1H3,(H2,20,21)(H,22,29)(H,31,32)(H,33,34)/b24-9+/t7?,10?,14-/m1/s1. The zero-order valence-corrected chi connectivity index (χ0v) is 21.8. The van der Waals surface area contributed by atoms with Gasteiger partial charge < -0.3 is 31.8 Å². The molecule has 2 unspecified atom stereocenters. The number of nitrogens with two attached hydrogens (primary N) is 2. The van der Waals surface area contributed by atoms with Crippen LogP contribution in [0, 0.1) is 0 Å². The van der Waals surface area contributed by atoms with E-state index in [4.69, 9.17) is 21.4 Å². The summed E-state index contributed by atoms with van der Waals surface area (Å²) in [5.41, 5.74) is 11.4. The average Bonchev–Trinajstić information content (AvgIpc) is 3.51. The van der Waals surface area contributed by atoms with Crippen LogP contribution in [-0.4, -0.2) is 106 Å². The first kappa shape index (κ1) is 27.3. The number of amides is 2. The van der Waals surface area contributed by atoms with Crippen molar-refractivity contribution >= 4 is 69.5 Å². The zero-order valence-electron chi connectivity index (χ0n) is 19.4. The summed E-state index contributed by atoms with van der Waals surface area (Å²) >= 11 is 3.44. The number of β-lactam (4-membered cyclic amide) rings is 1. The van der Waals surface area contributed by atoms with Crippen LogP contribution in [-0.2, 0) is 30.6 Å². The van der Waals surface area contributed by atoms with Crippen LogP contribution in [0.4, 0.5) is 5.13 Å². The third-order valence-electron chi connectivity index (χ3n) is 5.26. The van der Waals surface area contributed by atoms with Gasteiger partial charge in [-0.15, -0.1) is 28.2 Å². The van der Waals surface area contributed by atoms with Gasteiger partial charge in [0.05, 0.1) is 6.54 Å². The number of carboxylic acids is 2. The van der Waals surface area contributed by atoms with Crippen LogP contribution in [0.15, 0.2) is 27.0 Å². The molecule has 20 heteroatoms. The highest BCUT2D eigenvalue weighted by Gasteiger charge is 2.54. The van der Waals surface area contributed by atoms with Gasteiger partial charge in [0.25, 0.3) is 11.8 Å². The number of hydrogen-bond donors (Lipinski definition) is 5. The third-order valence-corrected chi connectivity index (χ3v) is 8.32. The van der Waals surface area contributed by atoms with Crippen molar-refractivity contribution in [2.24, 2.45) is 10.9 Å². The van der Waals surface area contributed by atoms with Crippen LogP contribution in [0.2, 0.25) is 0 Å². The molecule has 2 aliphatic heterocycles. The Labute approximate surface area is 225 Å². The van der Waals surface area contributed by atoms with E-state index in [1.54, 1.807) is 0 Å². The maximum atomic E-state index is 13.0. The Bertz CT molecular complexity index is 1340. The third kappa shape index (κ3) is 5.42. The molecule has 0 aromatic carbocycles. The molecule has 0 radical (unpaired) electrons. The number of oxime groups is 1. The lowest BCUT2D eigenvalue weighted by atomic mass is 10.0. The highest BCUT2D eigenvalue weighted by Crippen LogP contribution is 2.41. The molecular formula is C18H20N10O7S3. The van der Waals surface area contributed by atoms with Crippen LogP contribution in [0.25, 0.3) is 0 Å². The molecule has 202 valence electrons. The lowest BCUT2D eigenvalue weighted by Crippen LogP contribution is -2.71. The van der Waals surface area contributed by atoms with Crippen molar-refractivity contribution in [2.45, 2.75) is 29.2 Å². The molecular weight excluding hydrogens is 564 g/mol. The Balaban J connectivity index is 1.47. The van der Waals surface area contributed by atoms with E-state index >= 15 is 0 Å². The van der Waals surface area contributed by atoms with Gasteiger partial charge in [-0.3, -0.25) is 19.3 Å². The predicted octanol–water partition coefficient (Wildman–Crippen LogP) is -1.99. The molecule has 0 bridgehead atoms. The minimum absolute atomic E-state index is 0.112. The Morgan fingerprint density at radius 1 is 1.39 bits per heavy atom. The number of nitrogens with one attached hydrogen (secondary N) is 1. The van der Waals surface area contributed by atoms with Crippen molar-refractivity contribution in [1.29, 1.82) is 0 Å². The summed E-state index contributed by atoms with van der Waals surface area (Å²) in [6.45, 7) is -0.180. The summed E-state index contributed by atoms with van der Waals surface area (Å²) in [6, 6.07) is -2.23. The molecule has 0 spiro atoms. The molecule has 7 N–H and O–H groups in total. The maximum absolute atomic E-state index is 13.0. The van der Waals surface area contributed by atoms with Gasteiger partial charge in [0.15, 0.2) is 10.8 Å². The zero-order chi connectivity index (χ0) is 27.6. The van der Waals surface area contributed by atoms with Crippen LogP contribution in [0.5, 0.6) is 0 Å². The van der Waals surface area contributed by atoms with Gasteiger partial charge in [-0.1, -0.05) is 16.9 Å². The largest absolute Gasteiger partial charge is 0.480 e. The van der Waals surface area contributed by atoms with E-state index in [0.717, 1.165) is 28.0 Å². The number of rotatable bonds is 11. The molecule has 2 aliphatic rings. The van der Waals surface area contributed by atoms with Crippen LogP contribution in [0.3, 0.4) is 0 Å². The minimum Gasteiger partial charge on any atom is -0.480 e. The number of hydrogen-bond acceptors (Lipinski definition) is 15. The first-order valence-electron chi connectivity index (χ1n) is 10.5. The number of tetrazole rings is 1. The predicted molar refractivity (Wildman–Crippen MR) is 134 cm³/mol. The van der Waals surface area contributed by atoms with E-state index < -0.39 is 41.2 Å². The number of nitrogen functional groups attached to an aromatic ring is 1. The van der Waals surface area contributed by atoms with Crippen molar-refractivity contribution in [3.63, 3.8) is 0 Å². The fourth-order valence-corrected chi connectivity index (χ4v) is 6.45. The Morgan fingerprint density at radius 2 is 2.16 bits per heavy atom. The lowest BCUT2D eigenvalue weighted by Gasteiger charge is -2.49. The summed E-state index contributed by atoms with van der Waals surface area (Å²) in [5, 5.41) is 37.5. The van der Waals surface area contributed by atoms with Crippen molar-refractivity contribution in [3.05, 3.63) is 22.3 Å². The maximum Gasteiger partial charge on any atom is 0.352 e. The highest BCUT2D eigenvalue weighted by molar-refractivity contribution is 8.01. The fraction of sp³-hybridized carbons (Fsp3) is 0.389. The SMILES string of the molecule is CO/N=C(/C(=O)NC1C(=O)N2C(C(=O)O)=C(CSc3nnnn3CC(N)C(=O)O)CS[C@H]12)c1csc(N)n1. The van der Waals surface area contributed by atoms with E-state index in [0.29, 0.717) is 5.57 Å². The number of thiazole rings is 1. The number of aliphatic carboxylic acids is 2. The minimum atomic E-state index is -1.31. The lowest BCUT2D eigenvalue weighted by molar-refractivity contribution is -0.150. The second-order valence-electron chi connectivity index (χ2n) is 7.69. The summed E-state index contributed by atoms with van der Waals surface area (Å²) < 4.78 is 1.21. The van der Waals surface area contributed by atoms with Crippen LogP contribution < -0.4 is 16.8 Å². The number of carbonyl (C=O) groups is 4. The quantitative estimate of drug-likeness (QED) is 0.0828. The van der Waals surface area contributed by atoms with Crippen molar-refractivity contribution in [1.82, 2.24) is 35.4 Å². The van der Waals surface area contributed by atoms with Gasteiger partial charge in [-0.2, -0.15) is 0 Å². The first-order chi connectivity index (χ1) is 18.1. The number of thioether (sulfide) groups is 2. The number of anilines is 1. The molecule has 0 aliphatic carbocycles. The van der Waals surface area contributed by atoms with Gasteiger partial charge in [0, 0.05) is 16.9 Å².